The molecule has 2 aromatic rings. The van der Waals surface area contributed by atoms with Gasteiger partial charge in [0.05, 0.1) is 4.90 Å². The monoisotopic (exact) mass is 248 g/mol. The van der Waals surface area contributed by atoms with E-state index in [-0.39, 0.29) is 4.90 Å². The molecule has 0 bridgehead atoms. The van der Waals surface area contributed by atoms with E-state index in [9.17, 15) is 8.42 Å². The van der Waals surface area contributed by atoms with Crippen molar-refractivity contribution in [2.24, 2.45) is 0 Å². The lowest BCUT2D eigenvalue weighted by atomic mass is 10.1. The number of hydrogen-bond donors (Lipinski definition) is 1. The first-order valence-corrected chi connectivity index (χ1v) is 6.33. The zero-order chi connectivity index (χ0) is 12.3. The van der Waals surface area contributed by atoms with Crippen molar-refractivity contribution in [2.45, 2.75) is 4.90 Å². The van der Waals surface area contributed by atoms with Gasteiger partial charge in [0, 0.05) is 29.6 Å². The second-order valence-electron chi connectivity index (χ2n) is 3.25. The van der Waals surface area contributed by atoms with Crippen LogP contribution < -0.4 is 4.72 Å². The van der Waals surface area contributed by atoms with Gasteiger partial charge in [0.2, 0.25) is 10.0 Å². The van der Waals surface area contributed by atoms with E-state index in [2.05, 4.69) is 20.8 Å². The number of sulfonamides is 1. The molecule has 5 nitrogen and oxygen atoms in total. The molecule has 17 heavy (non-hydrogen) atoms. The summed E-state index contributed by atoms with van der Waals surface area (Å²) in [5.41, 5.74) is 1.17. The zero-order valence-electron chi connectivity index (χ0n) is 9.08. The van der Waals surface area contributed by atoms with Gasteiger partial charge < -0.3 is 0 Å². The predicted molar refractivity (Wildman–Crippen MR) is 62.5 cm³/mol. The Balaban J connectivity index is 2.65. The minimum atomic E-state index is -3.54. The predicted octanol–water partition coefficient (Wildman–Crippen LogP) is 0.852. The summed E-state index contributed by atoms with van der Waals surface area (Å²) in [5, 5.41) is 0. The van der Waals surface area contributed by atoms with Crippen LogP contribution >= 0.6 is 0 Å². The molecule has 0 aliphatic heterocycles. The van der Waals surface area contributed by atoms with Crippen LogP contribution in [0.2, 0.25) is 0 Å². The smallest absolute Gasteiger partial charge is 0.241 e. The number of aromatic nitrogens is 2. The zero-order valence-corrected chi connectivity index (χ0v) is 9.90. The average molecular weight is 248 g/mol. The molecule has 1 N–H and O–H groups in total. The fourth-order valence-electron chi connectivity index (χ4n) is 1.41. The van der Waals surface area contributed by atoms with Crippen molar-refractivity contribution in [3.63, 3.8) is 0 Å². The first kappa shape index (κ1) is 11.7. The molecule has 87 valence electrons. The SMILES string of the molecule is CNS(=O)(=O)c1[c]cccc1-c1cncnc1. The molecule has 0 atom stereocenters. The molecule has 1 aromatic heterocycles. The highest BCUT2D eigenvalue weighted by Gasteiger charge is 2.17. The van der Waals surface area contributed by atoms with Crippen LogP contribution in [0.4, 0.5) is 0 Å². The fourth-order valence-corrected chi connectivity index (χ4v) is 2.31. The third-order valence-electron chi connectivity index (χ3n) is 2.23. The molecular formula is C11H10N3O2S. The largest absolute Gasteiger partial charge is 0.244 e. The molecule has 1 aromatic carbocycles. The number of benzene rings is 1. The normalized spacial score (nSPS) is 11.4. The van der Waals surface area contributed by atoms with E-state index >= 15 is 0 Å². The van der Waals surface area contributed by atoms with Crippen molar-refractivity contribution in [1.29, 1.82) is 0 Å². The van der Waals surface area contributed by atoms with Crippen LogP contribution in [-0.2, 0) is 10.0 Å². The maximum absolute atomic E-state index is 11.8. The van der Waals surface area contributed by atoms with E-state index in [0.29, 0.717) is 11.1 Å². The second kappa shape index (κ2) is 4.60. The number of nitrogens with one attached hydrogen (secondary N) is 1. The molecule has 0 spiro atoms. The van der Waals surface area contributed by atoms with E-state index in [1.54, 1.807) is 30.6 Å². The van der Waals surface area contributed by atoms with E-state index in [4.69, 9.17) is 0 Å². The number of nitrogens with zero attached hydrogens (tertiary/aromatic N) is 2. The van der Waals surface area contributed by atoms with Gasteiger partial charge in [-0.2, -0.15) is 0 Å². The highest BCUT2D eigenvalue weighted by atomic mass is 32.2. The topological polar surface area (TPSA) is 72.0 Å². The van der Waals surface area contributed by atoms with Crippen molar-refractivity contribution >= 4 is 10.0 Å². The van der Waals surface area contributed by atoms with Gasteiger partial charge >= 0.3 is 0 Å². The summed E-state index contributed by atoms with van der Waals surface area (Å²) < 4.78 is 25.9. The molecule has 0 amide bonds. The van der Waals surface area contributed by atoms with Crippen LogP contribution in [0.15, 0.2) is 41.8 Å². The van der Waals surface area contributed by atoms with Crippen molar-refractivity contribution < 1.29 is 8.42 Å². The van der Waals surface area contributed by atoms with Crippen LogP contribution in [0.25, 0.3) is 11.1 Å². The van der Waals surface area contributed by atoms with Gasteiger partial charge in [-0.1, -0.05) is 18.2 Å². The van der Waals surface area contributed by atoms with E-state index in [0.717, 1.165) is 0 Å². The van der Waals surface area contributed by atoms with Gasteiger partial charge in [-0.3, -0.25) is 0 Å². The van der Waals surface area contributed by atoms with E-state index in [1.807, 2.05) is 0 Å². The Morgan fingerprint density at radius 3 is 2.65 bits per heavy atom. The molecule has 0 saturated carbocycles. The summed E-state index contributed by atoms with van der Waals surface area (Å²) in [5.74, 6) is 0. The third kappa shape index (κ3) is 2.32. The number of hydrogen-bond acceptors (Lipinski definition) is 4. The minimum absolute atomic E-state index is 0.0947. The van der Waals surface area contributed by atoms with E-state index < -0.39 is 10.0 Å². The Bertz CT molecular complexity index is 612. The Labute approximate surface area is 99.6 Å². The van der Waals surface area contributed by atoms with Gasteiger partial charge in [0.15, 0.2) is 0 Å². The standard InChI is InChI=1S/C11H10N3O2S/c1-12-17(15,16)11-5-3-2-4-10(11)9-6-13-8-14-7-9/h2-4,6-8,12H,1H3. The maximum atomic E-state index is 11.8. The van der Waals surface area contributed by atoms with Gasteiger partial charge in [-0.15, -0.1) is 0 Å². The molecule has 6 heteroatoms. The van der Waals surface area contributed by atoms with Crippen molar-refractivity contribution in [1.82, 2.24) is 14.7 Å². The molecule has 1 radical (unpaired) electrons. The molecular weight excluding hydrogens is 238 g/mol. The third-order valence-corrected chi connectivity index (χ3v) is 3.64. The second-order valence-corrected chi connectivity index (χ2v) is 5.07. The van der Waals surface area contributed by atoms with Gasteiger partial charge in [-0.05, 0) is 7.05 Å². The molecule has 0 saturated heterocycles. The maximum Gasteiger partial charge on any atom is 0.241 e. The summed E-state index contributed by atoms with van der Waals surface area (Å²) in [4.78, 5) is 7.83. The van der Waals surface area contributed by atoms with Crippen molar-refractivity contribution in [3.05, 3.63) is 43.0 Å². The van der Waals surface area contributed by atoms with Crippen LogP contribution in [0, 0.1) is 6.07 Å². The molecule has 0 unspecified atom stereocenters. The highest BCUT2D eigenvalue weighted by Crippen LogP contribution is 2.25. The highest BCUT2D eigenvalue weighted by molar-refractivity contribution is 7.89. The molecule has 0 fully saturated rings. The summed E-state index contributed by atoms with van der Waals surface area (Å²) in [6.45, 7) is 0. The van der Waals surface area contributed by atoms with E-state index in [1.165, 1.54) is 13.4 Å². The summed E-state index contributed by atoms with van der Waals surface area (Å²) >= 11 is 0. The van der Waals surface area contributed by atoms with Crippen LogP contribution in [0.3, 0.4) is 0 Å². The molecule has 2 rings (SSSR count). The number of rotatable bonds is 3. The van der Waals surface area contributed by atoms with Gasteiger partial charge in [0.25, 0.3) is 0 Å². The summed E-state index contributed by atoms with van der Waals surface area (Å²) in [6.07, 6.45) is 4.51. The van der Waals surface area contributed by atoms with Crippen LogP contribution in [0.5, 0.6) is 0 Å². The lowest BCUT2D eigenvalue weighted by Gasteiger charge is -2.08. The molecule has 0 aliphatic rings. The van der Waals surface area contributed by atoms with Crippen molar-refractivity contribution in [3.8, 4) is 11.1 Å². The van der Waals surface area contributed by atoms with Gasteiger partial charge in [0.1, 0.15) is 6.33 Å². The first-order valence-electron chi connectivity index (χ1n) is 4.85. The fraction of sp³-hybridized carbons (Fsp3) is 0.0909. The Morgan fingerprint density at radius 2 is 2.00 bits per heavy atom. The quantitative estimate of drug-likeness (QED) is 0.874. The minimum Gasteiger partial charge on any atom is -0.244 e. The van der Waals surface area contributed by atoms with Crippen molar-refractivity contribution in [2.75, 3.05) is 7.05 Å². The van der Waals surface area contributed by atoms with Crippen LogP contribution in [-0.4, -0.2) is 25.4 Å². The van der Waals surface area contributed by atoms with Gasteiger partial charge in [-0.25, -0.2) is 23.1 Å². The lowest BCUT2D eigenvalue weighted by molar-refractivity contribution is 0.588. The summed E-state index contributed by atoms with van der Waals surface area (Å²) in [7, 11) is -2.18. The lowest BCUT2D eigenvalue weighted by Crippen LogP contribution is -2.19. The Hall–Kier alpha value is -1.79. The molecule has 1 heterocycles. The summed E-state index contributed by atoms with van der Waals surface area (Å²) in [6, 6.07) is 7.69. The Morgan fingerprint density at radius 1 is 1.29 bits per heavy atom. The molecule has 0 aliphatic carbocycles. The average Bonchev–Trinajstić information content (AvgIpc) is 2.40. The first-order chi connectivity index (χ1) is 8.15. The Kier molecular flexibility index (Phi) is 3.16. The van der Waals surface area contributed by atoms with Crippen LogP contribution in [0.1, 0.15) is 0 Å².